The summed E-state index contributed by atoms with van der Waals surface area (Å²) in [6.07, 6.45) is 3.78. The van der Waals surface area contributed by atoms with Crippen molar-refractivity contribution in [2.24, 2.45) is 0 Å². The lowest BCUT2D eigenvalue weighted by molar-refractivity contribution is 0.0244. The SMILES string of the molecule is COc1ccc(-c2coc3c4c(ccc3c2=O)OCN(C2CCN(Cc3ccccc3)CC2)C4)cc1. The van der Waals surface area contributed by atoms with Gasteiger partial charge in [0.2, 0.25) is 5.43 Å². The van der Waals surface area contributed by atoms with Crippen LogP contribution < -0.4 is 14.9 Å². The fourth-order valence-electron chi connectivity index (χ4n) is 5.41. The van der Waals surface area contributed by atoms with Gasteiger partial charge in [-0.3, -0.25) is 14.6 Å². The molecular weight excluding hydrogens is 452 g/mol. The van der Waals surface area contributed by atoms with Crippen LogP contribution in [-0.4, -0.2) is 42.8 Å². The number of ether oxygens (including phenoxy) is 2. The van der Waals surface area contributed by atoms with Crippen LogP contribution in [0.4, 0.5) is 0 Å². The number of piperidine rings is 1. The van der Waals surface area contributed by atoms with E-state index in [1.165, 1.54) is 5.56 Å². The molecule has 3 heterocycles. The zero-order valence-corrected chi connectivity index (χ0v) is 20.5. The molecular formula is C30H30N2O4. The highest BCUT2D eigenvalue weighted by Crippen LogP contribution is 2.34. The summed E-state index contributed by atoms with van der Waals surface area (Å²) >= 11 is 0. The number of fused-ring (bicyclic) bond motifs is 3. The average Bonchev–Trinajstić information content (AvgIpc) is 2.94. The second-order valence-electron chi connectivity index (χ2n) is 9.64. The Morgan fingerprint density at radius 1 is 0.972 bits per heavy atom. The summed E-state index contributed by atoms with van der Waals surface area (Å²) in [4.78, 5) is 18.3. The monoisotopic (exact) mass is 482 g/mol. The largest absolute Gasteiger partial charge is 0.497 e. The van der Waals surface area contributed by atoms with Gasteiger partial charge in [-0.2, -0.15) is 0 Å². The summed E-state index contributed by atoms with van der Waals surface area (Å²) < 4.78 is 17.5. The summed E-state index contributed by atoms with van der Waals surface area (Å²) in [5.74, 6) is 1.56. The molecule has 0 aliphatic carbocycles. The van der Waals surface area contributed by atoms with E-state index in [1.54, 1.807) is 13.4 Å². The van der Waals surface area contributed by atoms with Gasteiger partial charge in [-0.15, -0.1) is 0 Å². The maximum atomic E-state index is 13.4. The minimum atomic E-state index is -0.0319. The molecule has 6 rings (SSSR count). The summed E-state index contributed by atoms with van der Waals surface area (Å²) in [6, 6.07) is 22.3. The first-order valence-corrected chi connectivity index (χ1v) is 12.5. The van der Waals surface area contributed by atoms with Gasteiger partial charge in [-0.1, -0.05) is 42.5 Å². The number of likely N-dealkylation sites (tertiary alicyclic amines) is 1. The van der Waals surface area contributed by atoms with Crippen LogP contribution >= 0.6 is 0 Å². The molecule has 4 aromatic rings. The molecule has 0 N–H and O–H groups in total. The van der Waals surface area contributed by atoms with Crippen molar-refractivity contribution in [2.75, 3.05) is 26.9 Å². The lowest BCUT2D eigenvalue weighted by atomic mass is 9.99. The van der Waals surface area contributed by atoms with Gasteiger partial charge < -0.3 is 13.9 Å². The summed E-state index contributed by atoms with van der Waals surface area (Å²) in [5, 5.41) is 0.588. The molecule has 2 aliphatic heterocycles. The van der Waals surface area contributed by atoms with Crippen molar-refractivity contribution in [1.82, 2.24) is 9.80 Å². The van der Waals surface area contributed by atoms with Gasteiger partial charge in [0.1, 0.15) is 30.1 Å². The van der Waals surface area contributed by atoms with Gasteiger partial charge in [0.05, 0.1) is 23.6 Å². The Labute approximate surface area is 210 Å². The molecule has 6 heteroatoms. The second kappa shape index (κ2) is 9.80. The molecule has 1 fully saturated rings. The third-order valence-corrected chi connectivity index (χ3v) is 7.47. The first-order valence-electron chi connectivity index (χ1n) is 12.5. The standard InChI is InChI=1S/C30H30N2O4/c1-34-24-9-7-22(8-10-24)27-19-35-30-25(29(27)33)11-12-28-26(30)18-32(20-36-28)23-13-15-31(16-14-23)17-21-5-3-2-4-6-21/h2-12,19,23H,13-18,20H2,1H3. The Bertz CT molecular complexity index is 1410. The highest BCUT2D eigenvalue weighted by Gasteiger charge is 2.30. The fraction of sp³-hybridized carbons (Fsp3) is 0.300. The molecule has 0 spiro atoms. The third kappa shape index (κ3) is 4.38. The predicted octanol–water partition coefficient (Wildman–Crippen LogP) is 5.29. The van der Waals surface area contributed by atoms with Crippen LogP contribution in [0.2, 0.25) is 0 Å². The molecule has 0 saturated carbocycles. The zero-order chi connectivity index (χ0) is 24.5. The number of hydrogen-bond donors (Lipinski definition) is 0. The van der Waals surface area contributed by atoms with Crippen LogP contribution in [0.15, 0.2) is 82.2 Å². The number of rotatable bonds is 5. The first-order chi connectivity index (χ1) is 17.7. The van der Waals surface area contributed by atoms with Gasteiger partial charge >= 0.3 is 0 Å². The molecule has 1 saturated heterocycles. The molecule has 0 bridgehead atoms. The topological polar surface area (TPSA) is 55.2 Å². The summed E-state index contributed by atoms with van der Waals surface area (Å²) in [6.45, 7) is 4.42. The summed E-state index contributed by atoms with van der Waals surface area (Å²) in [7, 11) is 1.63. The van der Waals surface area contributed by atoms with Crippen molar-refractivity contribution in [3.63, 3.8) is 0 Å². The quantitative estimate of drug-likeness (QED) is 0.386. The maximum Gasteiger partial charge on any atom is 0.200 e. The third-order valence-electron chi connectivity index (χ3n) is 7.47. The Morgan fingerprint density at radius 2 is 1.75 bits per heavy atom. The summed E-state index contributed by atoms with van der Waals surface area (Å²) in [5.41, 5.74) is 4.27. The Hall–Kier alpha value is -3.61. The molecule has 0 unspecified atom stereocenters. The predicted molar refractivity (Wildman–Crippen MR) is 140 cm³/mol. The lowest BCUT2D eigenvalue weighted by Crippen LogP contribution is -2.47. The second-order valence-corrected chi connectivity index (χ2v) is 9.64. The minimum Gasteiger partial charge on any atom is -0.497 e. The van der Waals surface area contributed by atoms with Gasteiger partial charge in [-0.25, -0.2) is 0 Å². The van der Waals surface area contributed by atoms with Crippen molar-refractivity contribution >= 4 is 11.0 Å². The molecule has 0 radical (unpaired) electrons. The van der Waals surface area contributed by atoms with E-state index < -0.39 is 0 Å². The van der Waals surface area contributed by atoms with E-state index in [4.69, 9.17) is 13.9 Å². The van der Waals surface area contributed by atoms with E-state index in [1.807, 2.05) is 36.4 Å². The first kappa shape index (κ1) is 22.8. The van der Waals surface area contributed by atoms with Crippen LogP contribution in [0.1, 0.15) is 24.0 Å². The molecule has 0 atom stereocenters. The van der Waals surface area contributed by atoms with Crippen molar-refractivity contribution in [1.29, 1.82) is 0 Å². The van der Waals surface area contributed by atoms with Crippen molar-refractivity contribution < 1.29 is 13.9 Å². The molecule has 36 heavy (non-hydrogen) atoms. The normalized spacial score (nSPS) is 17.0. The molecule has 184 valence electrons. The van der Waals surface area contributed by atoms with E-state index in [2.05, 4.69) is 40.1 Å². The Kier molecular flexibility index (Phi) is 6.21. The van der Waals surface area contributed by atoms with Crippen LogP contribution in [-0.2, 0) is 13.1 Å². The minimum absolute atomic E-state index is 0.0319. The Balaban J connectivity index is 1.20. The molecule has 1 aromatic heterocycles. The van der Waals surface area contributed by atoms with Crippen LogP contribution in [0.3, 0.4) is 0 Å². The van der Waals surface area contributed by atoms with Gasteiger partial charge in [0, 0.05) is 19.1 Å². The van der Waals surface area contributed by atoms with Gasteiger partial charge in [-0.05, 0) is 61.3 Å². The van der Waals surface area contributed by atoms with Crippen LogP contribution in [0.5, 0.6) is 11.5 Å². The van der Waals surface area contributed by atoms with Gasteiger partial charge in [0.25, 0.3) is 0 Å². The number of methoxy groups -OCH3 is 1. The smallest absolute Gasteiger partial charge is 0.200 e. The van der Waals surface area contributed by atoms with Crippen LogP contribution in [0.25, 0.3) is 22.1 Å². The lowest BCUT2D eigenvalue weighted by Gasteiger charge is -2.40. The fourth-order valence-corrected chi connectivity index (χ4v) is 5.41. The molecule has 0 amide bonds. The average molecular weight is 483 g/mol. The van der Waals surface area contributed by atoms with E-state index in [0.717, 1.165) is 61.6 Å². The van der Waals surface area contributed by atoms with Crippen LogP contribution in [0, 0.1) is 0 Å². The van der Waals surface area contributed by atoms with E-state index in [9.17, 15) is 4.79 Å². The maximum absolute atomic E-state index is 13.4. The van der Waals surface area contributed by atoms with E-state index in [0.29, 0.717) is 29.3 Å². The van der Waals surface area contributed by atoms with Crippen molar-refractivity contribution in [3.8, 4) is 22.6 Å². The number of hydrogen-bond acceptors (Lipinski definition) is 6. The van der Waals surface area contributed by atoms with Gasteiger partial charge in [0.15, 0.2) is 0 Å². The molecule has 3 aromatic carbocycles. The highest BCUT2D eigenvalue weighted by molar-refractivity contribution is 5.85. The van der Waals surface area contributed by atoms with Crippen molar-refractivity contribution in [2.45, 2.75) is 32.0 Å². The van der Waals surface area contributed by atoms with E-state index in [-0.39, 0.29) is 5.43 Å². The number of benzene rings is 3. The van der Waals surface area contributed by atoms with E-state index >= 15 is 0 Å². The Morgan fingerprint density at radius 3 is 2.50 bits per heavy atom. The zero-order valence-electron chi connectivity index (χ0n) is 20.5. The number of nitrogens with zero attached hydrogens (tertiary/aromatic N) is 2. The molecule has 2 aliphatic rings. The highest BCUT2D eigenvalue weighted by atomic mass is 16.5. The molecule has 6 nitrogen and oxygen atoms in total. The van der Waals surface area contributed by atoms with Crippen molar-refractivity contribution in [3.05, 3.63) is 94.3 Å².